The minimum atomic E-state index is -3.85. The Hall–Kier alpha value is -3.43. The molecule has 4 rings (SSSR count). The Morgan fingerprint density at radius 1 is 1.03 bits per heavy atom. The van der Waals surface area contributed by atoms with E-state index in [-0.39, 0.29) is 10.8 Å². The third-order valence-corrected chi connectivity index (χ3v) is 7.31. The quantitative estimate of drug-likeness (QED) is 0.482. The largest absolute Gasteiger partial charge is 0.367 e. The van der Waals surface area contributed by atoms with Crippen LogP contribution in [-0.4, -0.2) is 45.5 Å². The van der Waals surface area contributed by atoms with Crippen molar-refractivity contribution in [3.05, 3.63) is 83.2 Å². The summed E-state index contributed by atoms with van der Waals surface area (Å²) in [7, 11) is -3.85. The molecule has 1 saturated heterocycles. The van der Waals surface area contributed by atoms with E-state index < -0.39 is 10.0 Å². The molecular formula is C25H29N5O3S. The molecule has 8 nitrogen and oxygen atoms in total. The minimum Gasteiger partial charge on any atom is -0.367 e. The first-order valence-electron chi connectivity index (χ1n) is 11.2. The van der Waals surface area contributed by atoms with Crippen molar-refractivity contribution in [3.8, 4) is 0 Å². The van der Waals surface area contributed by atoms with Gasteiger partial charge in [-0.05, 0) is 61.4 Å². The summed E-state index contributed by atoms with van der Waals surface area (Å²) in [6, 6.07) is 14.1. The van der Waals surface area contributed by atoms with Crippen LogP contribution in [0, 0.1) is 13.8 Å². The number of nitrogens with zero attached hydrogens (tertiary/aromatic N) is 2. The highest BCUT2D eigenvalue weighted by Gasteiger charge is 2.22. The Bertz CT molecular complexity index is 1270. The van der Waals surface area contributed by atoms with E-state index in [0.717, 1.165) is 43.0 Å². The molecule has 9 heteroatoms. The van der Waals surface area contributed by atoms with Crippen LogP contribution >= 0.6 is 0 Å². The summed E-state index contributed by atoms with van der Waals surface area (Å²) < 4.78 is 29.4. The number of hydrogen-bond acceptors (Lipinski definition) is 6. The fourth-order valence-corrected chi connectivity index (χ4v) is 5.32. The van der Waals surface area contributed by atoms with Gasteiger partial charge in [0.15, 0.2) is 0 Å². The van der Waals surface area contributed by atoms with Crippen LogP contribution in [0.25, 0.3) is 0 Å². The molecule has 1 amide bonds. The average Bonchev–Trinajstić information content (AvgIpc) is 2.83. The van der Waals surface area contributed by atoms with E-state index in [1.807, 2.05) is 31.2 Å². The zero-order chi connectivity index (χ0) is 24.1. The number of amides is 1. The predicted molar refractivity (Wildman–Crippen MR) is 134 cm³/mol. The number of rotatable bonds is 7. The molecule has 3 aromatic rings. The van der Waals surface area contributed by atoms with Crippen molar-refractivity contribution in [1.29, 1.82) is 0 Å². The summed E-state index contributed by atoms with van der Waals surface area (Å²) in [6.45, 7) is 7.15. The molecule has 0 unspecified atom stereocenters. The first-order chi connectivity index (χ1) is 16.3. The molecule has 0 bridgehead atoms. The second-order valence-corrected chi connectivity index (χ2v) is 10.0. The Morgan fingerprint density at radius 2 is 1.76 bits per heavy atom. The van der Waals surface area contributed by atoms with Crippen LogP contribution in [0.15, 0.2) is 65.8 Å². The van der Waals surface area contributed by atoms with Crippen molar-refractivity contribution in [2.45, 2.75) is 25.3 Å². The molecule has 1 aliphatic heterocycles. The summed E-state index contributed by atoms with van der Waals surface area (Å²) >= 11 is 0. The molecule has 178 valence electrons. The van der Waals surface area contributed by atoms with Crippen LogP contribution in [0.4, 0.5) is 11.4 Å². The lowest BCUT2D eigenvalue weighted by atomic mass is 10.1. The lowest BCUT2D eigenvalue weighted by Gasteiger charge is -2.31. The number of sulfonamides is 1. The molecule has 0 saturated carbocycles. The van der Waals surface area contributed by atoms with Crippen molar-refractivity contribution in [1.82, 2.24) is 15.6 Å². The monoisotopic (exact) mass is 479 g/mol. The van der Waals surface area contributed by atoms with Gasteiger partial charge in [0, 0.05) is 50.7 Å². The summed E-state index contributed by atoms with van der Waals surface area (Å²) in [5.41, 5.74) is 4.11. The number of piperazine rings is 1. The summed E-state index contributed by atoms with van der Waals surface area (Å²) in [5, 5.41) is 6.19. The predicted octanol–water partition coefficient (Wildman–Crippen LogP) is 2.84. The van der Waals surface area contributed by atoms with Crippen LogP contribution in [-0.2, 0) is 16.6 Å². The number of nitrogens with one attached hydrogen (secondary N) is 3. The third kappa shape index (κ3) is 5.55. The fourth-order valence-electron chi connectivity index (χ4n) is 4.03. The first-order valence-corrected chi connectivity index (χ1v) is 12.7. The van der Waals surface area contributed by atoms with Crippen molar-refractivity contribution >= 4 is 27.3 Å². The zero-order valence-electron chi connectivity index (χ0n) is 19.3. The van der Waals surface area contributed by atoms with Gasteiger partial charge in [-0.15, -0.1) is 0 Å². The van der Waals surface area contributed by atoms with Crippen LogP contribution in [0.5, 0.6) is 0 Å². The Balaban J connectivity index is 1.64. The first kappa shape index (κ1) is 23.7. The van der Waals surface area contributed by atoms with Crippen molar-refractivity contribution < 1.29 is 13.2 Å². The number of carbonyl (C=O) groups is 1. The van der Waals surface area contributed by atoms with Crippen molar-refractivity contribution in [2.24, 2.45) is 0 Å². The molecule has 0 radical (unpaired) electrons. The maximum Gasteiger partial charge on any atom is 0.262 e. The van der Waals surface area contributed by atoms with Gasteiger partial charge in [0.05, 0.1) is 16.3 Å². The van der Waals surface area contributed by atoms with Gasteiger partial charge in [-0.3, -0.25) is 14.5 Å². The molecule has 1 aliphatic rings. The third-order valence-electron chi connectivity index (χ3n) is 5.78. The van der Waals surface area contributed by atoms with Gasteiger partial charge in [-0.1, -0.05) is 17.7 Å². The average molecular weight is 480 g/mol. The van der Waals surface area contributed by atoms with Crippen LogP contribution < -0.4 is 20.3 Å². The summed E-state index contributed by atoms with van der Waals surface area (Å²) in [6.07, 6.45) is 3.34. The Labute approximate surface area is 200 Å². The fraction of sp³-hybridized carbons (Fsp3) is 0.280. The number of hydrogen-bond donors (Lipinski definition) is 3. The number of anilines is 2. The topological polar surface area (TPSA) is 103 Å². The van der Waals surface area contributed by atoms with Gasteiger partial charge in [0.25, 0.3) is 15.9 Å². The second-order valence-electron chi connectivity index (χ2n) is 8.38. The van der Waals surface area contributed by atoms with E-state index in [1.54, 1.807) is 43.6 Å². The Morgan fingerprint density at radius 3 is 2.47 bits per heavy atom. The second kappa shape index (κ2) is 10.2. The van der Waals surface area contributed by atoms with E-state index >= 15 is 0 Å². The minimum absolute atomic E-state index is 0.219. The lowest BCUT2D eigenvalue weighted by molar-refractivity contribution is 0.0951. The molecule has 2 aromatic carbocycles. The normalized spacial score (nSPS) is 14.0. The van der Waals surface area contributed by atoms with E-state index in [0.29, 0.717) is 23.4 Å². The molecule has 0 atom stereocenters. The van der Waals surface area contributed by atoms with E-state index in [2.05, 4.69) is 25.2 Å². The van der Waals surface area contributed by atoms with Crippen LogP contribution in [0.1, 0.15) is 27.0 Å². The number of aromatic nitrogens is 1. The lowest BCUT2D eigenvalue weighted by Crippen LogP contribution is -2.43. The highest BCUT2D eigenvalue weighted by Crippen LogP contribution is 2.31. The summed E-state index contributed by atoms with van der Waals surface area (Å²) in [4.78, 5) is 19.2. The molecular weight excluding hydrogens is 450 g/mol. The molecule has 0 aliphatic carbocycles. The maximum atomic E-state index is 13.3. The number of benzene rings is 2. The number of aryl methyl sites for hydroxylation is 2. The SMILES string of the molecule is Cc1ccc(S(=O)(=O)Nc2cc(C(=O)NCc3ccncc3)ccc2N2CCNCC2)c(C)c1. The standard InChI is InChI=1S/C25H29N5O3S/c1-18-3-6-24(19(2)15-18)34(32,33)29-22-16-21(4-5-23(22)30-13-11-27-12-14-30)25(31)28-17-20-7-9-26-10-8-20/h3-10,15-16,27,29H,11-14,17H2,1-2H3,(H,28,31). The maximum absolute atomic E-state index is 13.3. The van der Waals surface area contributed by atoms with Crippen molar-refractivity contribution in [3.63, 3.8) is 0 Å². The van der Waals surface area contributed by atoms with Gasteiger partial charge < -0.3 is 15.5 Å². The molecule has 1 fully saturated rings. The van der Waals surface area contributed by atoms with Crippen LogP contribution in [0.2, 0.25) is 0 Å². The molecule has 3 N–H and O–H groups in total. The van der Waals surface area contributed by atoms with Gasteiger partial charge in [0.2, 0.25) is 0 Å². The number of pyridine rings is 1. The van der Waals surface area contributed by atoms with E-state index in [4.69, 9.17) is 0 Å². The van der Waals surface area contributed by atoms with E-state index in [9.17, 15) is 13.2 Å². The number of carbonyl (C=O) groups excluding carboxylic acids is 1. The molecule has 2 heterocycles. The highest BCUT2D eigenvalue weighted by molar-refractivity contribution is 7.92. The van der Waals surface area contributed by atoms with Crippen molar-refractivity contribution in [2.75, 3.05) is 35.8 Å². The Kier molecular flexibility index (Phi) is 7.14. The molecule has 1 aromatic heterocycles. The van der Waals surface area contributed by atoms with E-state index in [1.165, 1.54) is 0 Å². The van der Waals surface area contributed by atoms with Gasteiger partial charge in [0.1, 0.15) is 0 Å². The molecule has 34 heavy (non-hydrogen) atoms. The highest BCUT2D eigenvalue weighted by atomic mass is 32.2. The smallest absolute Gasteiger partial charge is 0.262 e. The summed E-state index contributed by atoms with van der Waals surface area (Å²) in [5.74, 6) is -0.282. The van der Waals surface area contributed by atoms with Crippen LogP contribution in [0.3, 0.4) is 0 Å². The molecule has 0 spiro atoms. The van der Waals surface area contributed by atoms with Gasteiger partial charge >= 0.3 is 0 Å². The van der Waals surface area contributed by atoms with Gasteiger partial charge in [-0.25, -0.2) is 8.42 Å². The zero-order valence-corrected chi connectivity index (χ0v) is 20.2. The van der Waals surface area contributed by atoms with Gasteiger partial charge in [-0.2, -0.15) is 0 Å².